The van der Waals surface area contributed by atoms with Crippen LogP contribution in [-0.2, 0) is 20.7 Å². The average Bonchev–Trinajstić information content (AvgIpc) is 3.31. The average molecular weight is 486 g/mol. The quantitative estimate of drug-likeness (QED) is 0.171. The van der Waals surface area contributed by atoms with Crippen molar-refractivity contribution in [3.05, 3.63) is 95.6 Å². The van der Waals surface area contributed by atoms with Crippen LogP contribution in [0.25, 0.3) is 0 Å². The molecular weight excluding hydrogens is 456 g/mol. The number of nitrogens with zero attached hydrogens (tertiary/aromatic N) is 3. The summed E-state index contributed by atoms with van der Waals surface area (Å²) in [5.41, 5.74) is 8.48. The summed E-state index contributed by atoms with van der Waals surface area (Å²) in [7, 11) is 1.34. The van der Waals surface area contributed by atoms with Gasteiger partial charge < -0.3 is 14.2 Å². The molecule has 0 aliphatic carbocycles. The molecule has 36 heavy (non-hydrogen) atoms. The van der Waals surface area contributed by atoms with Gasteiger partial charge in [-0.25, -0.2) is 9.79 Å². The minimum atomic E-state index is -1.41. The molecule has 0 unspecified atom stereocenters. The van der Waals surface area contributed by atoms with Gasteiger partial charge in [-0.05, 0) is 47.9 Å². The van der Waals surface area contributed by atoms with E-state index in [1.165, 1.54) is 7.11 Å². The Morgan fingerprint density at radius 3 is 2.50 bits per heavy atom. The SMILES string of the molecule is CCCCOc1ccc(C2=N[C@](Cc3ccccc3N=[N+]=N)(C(=O)OC)[C@H](c3ccccc3)O2)cc1. The van der Waals surface area contributed by atoms with Gasteiger partial charge in [-0.1, -0.05) is 61.9 Å². The second-order valence-electron chi connectivity index (χ2n) is 8.47. The molecule has 0 saturated carbocycles. The van der Waals surface area contributed by atoms with Crippen molar-refractivity contribution in [3.63, 3.8) is 0 Å². The third kappa shape index (κ3) is 5.19. The molecular formula is C28H29N4O4+. The van der Waals surface area contributed by atoms with Crippen LogP contribution in [0.4, 0.5) is 5.69 Å². The van der Waals surface area contributed by atoms with Crippen LogP contribution in [0.15, 0.2) is 89.0 Å². The molecule has 0 spiro atoms. The summed E-state index contributed by atoms with van der Waals surface area (Å²) in [5, 5.41) is 3.92. The summed E-state index contributed by atoms with van der Waals surface area (Å²) >= 11 is 0. The molecule has 4 rings (SSSR count). The van der Waals surface area contributed by atoms with Gasteiger partial charge in [0.15, 0.2) is 16.9 Å². The molecule has 1 heterocycles. The summed E-state index contributed by atoms with van der Waals surface area (Å²) in [4.78, 5) is 21.5. The molecule has 3 aromatic carbocycles. The summed E-state index contributed by atoms with van der Waals surface area (Å²) in [6.45, 7) is 2.77. The monoisotopic (exact) mass is 485 g/mol. The minimum Gasteiger partial charge on any atom is -0.494 e. The van der Waals surface area contributed by atoms with Gasteiger partial charge in [-0.3, -0.25) is 0 Å². The molecule has 8 nitrogen and oxygen atoms in total. The van der Waals surface area contributed by atoms with Gasteiger partial charge in [-0.15, -0.1) is 0 Å². The topological polar surface area (TPSA) is 107 Å². The Morgan fingerprint density at radius 1 is 1.08 bits per heavy atom. The van der Waals surface area contributed by atoms with Gasteiger partial charge in [-0.2, -0.15) is 0 Å². The lowest BCUT2D eigenvalue weighted by molar-refractivity contribution is -0.149. The van der Waals surface area contributed by atoms with Crippen LogP contribution >= 0.6 is 0 Å². The molecule has 0 amide bonds. The largest absolute Gasteiger partial charge is 0.494 e. The van der Waals surface area contributed by atoms with E-state index < -0.39 is 17.6 Å². The van der Waals surface area contributed by atoms with Gasteiger partial charge in [0.25, 0.3) is 0 Å². The molecule has 184 valence electrons. The van der Waals surface area contributed by atoms with E-state index in [0.29, 0.717) is 23.8 Å². The normalized spacial score (nSPS) is 18.5. The molecule has 3 aromatic rings. The van der Waals surface area contributed by atoms with Crippen molar-refractivity contribution in [3.8, 4) is 5.75 Å². The fourth-order valence-electron chi connectivity index (χ4n) is 4.24. The van der Waals surface area contributed by atoms with E-state index in [1.807, 2.05) is 66.7 Å². The highest BCUT2D eigenvalue weighted by Crippen LogP contribution is 2.44. The highest BCUT2D eigenvalue weighted by atomic mass is 16.5. The maximum atomic E-state index is 13.5. The second kappa shape index (κ2) is 11.4. The van der Waals surface area contributed by atoms with E-state index in [0.717, 1.165) is 29.7 Å². The fourth-order valence-corrected chi connectivity index (χ4v) is 4.24. The zero-order chi connectivity index (χ0) is 25.4. The summed E-state index contributed by atoms with van der Waals surface area (Å²) in [6.07, 6.45) is 1.46. The Morgan fingerprint density at radius 2 is 1.81 bits per heavy atom. The molecule has 1 aliphatic heterocycles. The molecule has 0 aromatic heterocycles. The number of carbonyl (C=O) groups is 1. The smallest absolute Gasteiger partial charge is 0.338 e. The van der Waals surface area contributed by atoms with E-state index in [-0.39, 0.29) is 6.42 Å². The number of unbranched alkanes of at least 4 members (excludes halogenated alkanes) is 1. The summed E-state index contributed by atoms with van der Waals surface area (Å²) < 4.78 is 17.5. The highest BCUT2D eigenvalue weighted by Gasteiger charge is 2.54. The summed E-state index contributed by atoms with van der Waals surface area (Å²) in [6, 6.07) is 24.2. The Labute approximate surface area is 210 Å². The van der Waals surface area contributed by atoms with E-state index in [2.05, 4.69) is 16.9 Å². The van der Waals surface area contributed by atoms with Crippen molar-refractivity contribution in [2.75, 3.05) is 13.7 Å². The van der Waals surface area contributed by atoms with Crippen molar-refractivity contribution in [1.29, 1.82) is 5.53 Å². The third-order valence-electron chi connectivity index (χ3n) is 6.08. The van der Waals surface area contributed by atoms with Crippen molar-refractivity contribution in [2.24, 2.45) is 10.1 Å². The van der Waals surface area contributed by atoms with Gasteiger partial charge >= 0.3 is 5.97 Å². The number of esters is 1. The molecule has 2 atom stereocenters. The van der Waals surface area contributed by atoms with E-state index in [9.17, 15) is 4.79 Å². The maximum absolute atomic E-state index is 13.5. The highest BCUT2D eigenvalue weighted by molar-refractivity contribution is 6.00. The second-order valence-corrected chi connectivity index (χ2v) is 8.47. The van der Waals surface area contributed by atoms with Crippen LogP contribution in [0.1, 0.15) is 42.6 Å². The first-order valence-corrected chi connectivity index (χ1v) is 11.9. The van der Waals surface area contributed by atoms with Gasteiger partial charge in [0.2, 0.25) is 16.3 Å². The fraction of sp³-hybridized carbons (Fsp3) is 0.286. The molecule has 8 heteroatoms. The van der Waals surface area contributed by atoms with Crippen LogP contribution < -0.4 is 9.65 Å². The lowest BCUT2D eigenvalue weighted by Crippen LogP contribution is -2.44. The van der Waals surface area contributed by atoms with Crippen LogP contribution in [-0.4, -0.2) is 31.1 Å². The first-order valence-electron chi connectivity index (χ1n) is 11.9. The van der Waals surface area contributed by atoms with Gasteiger partial charge in [0.1, 0.15) is 11.3 Å². The van der Waals surface area contributed by atoms with Crippen molar-refractivity contribution >= 4 is 17.6 Å². The van der Waals surface area contributed by atoms with Crippen molar-refractivity contribution in [1.82, 2.24) is 4.91 Å². The first kappa shape index (κ1) is 24.8. The predicted octanol–water partition coefficient (Wildman–Crippen LogP) is 5.72. The lowest BCUT2D eigenvalue weighted by atomic mass is 9.82. The molecule has 1 aliphatic rings. The number of benzene rings is 3. The summed E-state index contributed by atoms with van der Waals surface area (Å²) in [5.74, 6) is 0.580. The molecule has 1 N–H and O–H groups in total. The number of rotatable bonds is 10. The Balaban J connectivity index is 1.78. The molecule has 0 bridgehead atoms. The van der Waals surface area contributed by atoms with E-state index in [4.69, 9.17) is 24.7 Å². The standard InChI is InChI=1S/C28H29N4O4/c1-3-4-18-35-23-16-14-21(15-17-23)26-30-28(27(33)34-2,25(36-26)20-10-6-5-7-11-20)19-22-12-8-9-13-24(22)31-32-29/h5-17,25,29H,3-4,18-19H2,1-2H3/q+1/t25-,28-/m0/s1. The Hall–Kier alpha value is -4.29. The number of ether oxygens (including phenoxy) is 3. The van der Waals surface area contributed by atoms with Crippen molar-refractivity contribution < 1.29 is 19.0 Å². The van der Waals surface area contributed by atoms with Crippen LogP contribution in [0, 0.1) is 5.53 Å². The third-order valence-corrected chi connectivity index (χ3v) is 6.08. The van der Waals surface area contributed by atoms with Gasteiger partial charge in [0, 0.05) is 12.0 Å². The van der Waals surface area contributed by atoms with Crippen molar-refractivity contribution in [2.45, 2.75) is 37.8 Å². The number of methoxy groups -OCH3 is 1. The maximum Gasteiger partial charge on any atom is 0.338 e. The van der Waals surface area contributed by atoms with Gasteiger partial charge in [0.05, 0.1) is 13.7 Å². The zero-order valence-electron chi connectivity index (χ0n) is 20.4. The van der Waals surface area contributed by atoms with Crippen LogP contribution in [0.5, 0.6) is 5.75 Å². The minimum absolute atomic E-state index is 0.149. The zero-order valence-corrected chi connectivity index (χ0v) is 20.4. The van der Waals surface area contributed by atoms with Crippen LogP contribution in [0.3, 0.4) is 0 Å². The van der Waals surface area contributed by atoms with Crippen LogP contribution in [0.2, 0.25) is 0 Å². The number of nitrogens with one attached hydrogen (secondary N) is 1. The Kier molecular flexibility index (Phi) is 7.88. The molecule has 0 saturated heterocycles. The molecule has 0 radical (unpaired) electrons. The number of hydrogen-bond donors (Lipinski definition) is 1. The lowest BCUT2D eigenvalue weighted by Gasteiger charge is -2.29. The predicted molar refractivity (Wildman–Crippen MR) is 135 cm³/mol. The number of hydrogen-bond acceptors (Lipinski definition) is 7. The number of carbonyl (C=O) groups excluding carboxylic acids is 1. The first-order chi connectivity index (χ1) is 17.6. The van der Waals surface area contributed by atoms with E-state index in [1.54, 1.807) is 12.1 Å². The molecule has 0 fully saturated rings. The van der Waals surface area contributed by atoms with E-state index >= 15 is 0 Å². The number of aliphatic imine (C=N–C) groups is 1. The Bertz CT molecular complexity index is 1270.